The Morgan fingerprint density at radius 1 is 1.00 bits per heavy atom. The summed E-state index contributed by atoms with van der Waals surface area (Å²) in [5, 5.41) is 0.437. The van der Waals surface area contributed by atoms with Gasteiger partial charge in [0.1, 0.15) is 6.54 Å². The van der Waals surface area contributed by atoms with E-state index in [1.807, 2.05) is 18.2 Å². The third-order valence-electron chi connectivity index (χ3n) is 5.72. The molecule has 2 heterocycles. The highest BCUT2D eigenvalue weighted by atomic mass is 16.5. The first-order valence-corrected chi connectivity index (χ1v) is 10.5. The van der Waals surface area contributed by atoms with Crippen molar-refractivity contribution in [2.24, 2.45) is 5.92 Å². The molecule has 4 rings (SSSR count). The zero-order valence-corrected chi connectivity index (χ0v) is 17.3. The highest BCUT2D eigenvalue weighted by Crippen LogP contribution is 2.21. The van der Waals surface area contributed by atoms with E-state index in [1.54, 1.807) is 29.2 Å². The summed E-state index contributed by atoms with van der Waals surface area (Å²) in [4.78, 5) is 43.0. The number of fused-ring (bicyclic) bond motifs is 1. The number of para-hydroxylation sites is 1. The number of amides is 1. The van der Waals surface area contributed by atoms with Crippen LogP contribution in [0.2, 0.25) is 0 Å². The number of likely N-dealkylation sites (tertiary alicyclic amines) is 1. The second kappa shape index (κ2) is 9.55. The van der Waals surface area contributed by atoms with Gasteiger partial charge in [-0.15, -0.1) is 0 Å². The van der Waals surface area contributed by atoms with Crippen LogP contribution < -0.4 is 5.56 Å². The number of benzene rings is 2. The maximum atomic E-state index is 12.5. The molecular weight excluding hydrogens is 394 g/mol. The molecule has 7 nitrogen and oxygen atoms in total. The minimum absolute atomic E-state index is 0.199. The second-order valence-electron chi connectivity index (χ2n) is 7.87. The Hall–Kier alpha value is -3.48. The SMILES string of the molecule is O=C(Cn1cnc2ccccc2c1=O)OCC(=O)N1CCC(Cc2ccccc2)CC1. The molecule has 0 saturated carbocycles. The summed E-state index contributed by atoms with van der Waals surface area (Å²) in [5.41, 5.74) is 1.58. The summed E-state index contributed by atoms with van der Waals surface area (Å²) < 4.78 is 6.33. The second-order valence-corrected chi connectivity index (χ2v) is 7.87. The monoisotopic (exact) mass is 419 g/mol. The Bertz CT molecular complexity index is 1120. The largest absolute Gasteiger partial charge is 0.454 e. The van der Waals surface area contributed by atoms with Crippen LogP contribution in [0, 0.1) is 5.92 Å². The number of carbonyl (C=O) groups excluding carboxylic acids is 2. The van der Waals surface area contributed by atoms with Gasteiger partial charge in [0, 0.05) is 13.1 Å². The zero-order chi connectivity index (χ0) is 21.6. The molecule has 1 fully saturated rings. The predicted molar refractivity (Wildman–Crippen MR) is 116 cm³/mol. The highest BCUT2D eigenvalue weighted by molar-refractivity contribution is 5.81. The van der Waals surface area contributed by atoms with Gasteiger partial charge in [0.2, 0.25) is 0 Å². The van der Waals surface area contributed by atoms with Crippen LogP contribution in [0.5, 0.6) is 0 Å². The topological polar surface area (TPSA) is 81.5 Å². The Morgan fingerprint density at radius 2 is 1.71 bits per heavy atom. The smallest absolute Gasteiger partial charge is 0.326 e. The lowest BCUT2D eigenvalue weighted by molar-refractivity contribution is -0.153. The van der Waals surface area contributed by atoms with Crippen LogP contribution in [-0.2, 0) is 27.3 Å². The van der Waals surface area contributed by atoms with E-state index < -0.39 is 5.97 Å². The molecule has 1 amide bonds. The van der Waals surface area contributed by atoms with E-state index in [1.165, 1.54) is 16.5 Å². The maximum absolute atomic E-state index is 12.5. The quantitative estimate of drug-likeness (QED) is 0.573. The van der Waals surface area contributed by atoms with Crippen LogP contribution >= 0.6 is 0 Å². The molecule has 0 unspecified atom stereocenters. The van der Waals surface area contributed by atoms with Gasteiger partial charge >= 0.3 is 5.97 Å². The fraction of sp³-hybridized carbons (Fsp3) is 0.333. The van der Waals surface area contributed by atoms with E-state index in [4.69, 9.17) is 4.74 Å². The van der Waals surface area contributed by atoms with Crippen molar-refractivity contribution >= 4 is 22.8 Å². The molecule has 1 aliphatic heterocycles. The summed E-state index contributed by atoms with van der Waals surface area (Å²) in [6, 6.07) is 17.3. The molecule has 1 aliphatic rings. The number of aromatic nitrogens is 2. The summed E-state index contributed by atoms with van der Waals surface area (Å²) >= 11 is 0. The van der Waals surface area contributed by atoms with E-state index in [0.717, 1.165) is 19.3 Å². The van der Waals surface area contributed by atoms with Crippen molar-refractivity contribution in [2.75, 3.05) is 19.7 Å². The summed E-state index contributed by atoms with van der Waals surface area (Å²) in [6.45, 7) is 0.755. The average Bonchev–Trinajstić information content (AvgIpc) is 2.81. The van der Waals surface area contributed by atoms with Crippen LogP contribution in [0.4, 0.5) is 0 Å². The number of esters is 1. The van der Waals surface area contributed by atoms with Crippen molar-refractivity contribution in [3.63, 3.8) is 0 Å². The van der Waals surface area contributed by atoms with E-state index in [9.17, 15) is 14.4 Å². The Labute approximate surface area is 180 Å². The number of hydrogen-bond donors (Lipinski definition) is 0. The van der Waals surface area contributed by atoms with Gasteiger partial charge in [0.15, 0.2) is 6.61 Å². The molecule has 0 bridgehead atoms. The Morgan fingerprint density at radius 3 is 2.48 bits per heavy atom. The van der Waals surface area contributed by atoms with Crippen LogP contribution in [0.1, 0.15) is 18.4 Å². The van der Waals surface area contributed by atoms with Crippen LogP contribution in [-0.4, -0.2) is 46.0 Å². The van der Waals surface area contributed by atoms with Gasteiger partial charge in [0.05, 0.1) is 17.2 Å². The molecule has 1 aromatic heterocycles. The lowest BCUT2D eigenvalue weighted by atomic mass is 9.90. The number of hydrogen-bond acceptors (Lipinski definition) is 5. The molecular formula is C24H25N3O4. The first-order valence-electron chi connectivity index (χ1n) is 10.5. The van der Waals surface area contributed by atoms with Crippen molar-refractivity contribution in [3.8, 4) is 0 Å². The molecule has 0 N–H and O–H groups in total. The zero-order valence-electron chi connectivity index (χ0n) is 17.3. The number of piperidine rings is 1. The summed E-state index contributed by atoms with van der Waals surface area (Å²) in [5.74, 6) is -0.275. The average molecular weight is 419 g/mol. The van der Waals surface area contributed by atoms with Gasteiger partial charge in [0.25, 0.3) is 11.5 Å². The summed E-state index contributed by atoms with van der Waals surface area (Å²) in [7, 11) is 0. The first-order chi connectivity index (χ1) is 15.1. The minimum atomic E-state index is -0.633. The fourth-order valence-corrected chi connectivity index (χ4v) is 3.97. The van der Waals surface area contributed by atoms with Gasteiger partial charge < -0.3 is 9.64 Å². The van der Waals surface area contributed by atoms with Gasteiger partial charge in [-0.3, -0.25) is 19.0 Å². The van der Waals surface area contributed by atoms with E-state index in [0.29, 0.717) is 29.9 Å². The van der Waals surface area contributed by atoms with E-state index in [-0.39, 0.29) is 24.6 Å². The summed E-state index contributed by atoms with van der Waals surface area (Å²) in [6.07, 6.45) is 4.22. The lowest BCUT2D eigenvalue weighted by Crippen LogP contribution is -2.41. The van der Waals surface area contributed by atoms with Crippen molar-refractivity contribution in [3.05, 3.63) is 76.8 Å². The number of rotatable bonds is 6. The van der Waals surface area contributed by atoms with Crippen molar-refractivity contribution in [1.82, 2.24) is 14.5 Å². The Balaban J connectivity index is 1.24. The number of carbonyl (C=O) groups is 2. The molecule has 160 valence electrons. The van der Waals surface area contributed by atoms with Crippen molar-refractivity contribution < 1.29 is 14.3 Å². The molecule has 1 saturated heterocycles. The Kier molecular flexibility index (Phi) is 6.40. The molecule has 31 heavy (non-hydrogen) atoms. The van der Waals surface area contributed by atoms with E-state index >= 15 is 0 Å². The van der Waals surface area contributed by atoms with Gasteiger partial charge in [-0.1, -0.05) is 42.5 Å². The number of ether oxygens (including phenoxy) is 1. The van der Waals surface area contributed by atoms with Gasteiger partial charge in [-0.2, -0.15) is 0 Å². The molecule has 0 radical (unpaired) electrons. The van der Waals surface area contributed by atoms with Crippen LogP contribution in [0.25, 0.3) is 10.9 Å². The minimum Gasteiger partial charge on any atom is -0.454 e. The van der Waals surface area contributed by atoms with Crippen molar-refractivity contribution in [1.29, 1.82) is 0 Å². The first kappa shape index (κ1) is 20.8. The standard InChI is InChI=1S/C24H25N3O4/c28-22(26-12-10-19(11-13-26)14-18-6-2-1-3-7-18)16-31-23(29)15-27-17-25-21-9-5-4-8-20(21)24(27)30/h1-9,17,19H,10-16H2. The molecule has 0 spiro atoms. The van der Waals surface area contributed by atoms with Gasteiger partial charge in [-0.05, 0) is 42.9 Å². The lowest BCUT2D eigenvalue weighted by Gasteiger charge is -2.32. The number of nitrogens with zero attached hydrogens (tertiary/aromatic N) is 3. The normalized spacial score (nSPS) is 14.5. The molecule has 2 aromatic carbocycles. The van der Waals surface area contributed by atoms with E-state index in [2.05, 4.69) is 17.1 Å². The molecule has 0 atom stereocenters. The third kappa shape index (κ3) is 5.17. The van der Waals surface area contributed by atoms with Gasteiger partial charge in [-0.25, -0.2) is 4.98 Å². The molecule has 7 heteroatoms. The third-order valence-corrected chi connectivity index (χ3v) is 5.72. The highest BCUT2D eigenvalue weighted by Gasteiger charge is 2.23. The fourth-order valence-electron chi connectivity index (χ4n) is 3.97. The molecule has 3 aromatic rings. The van der Waals surface area contributed by atoms with Crippen LogP contribution in [0.15, 0.2) is 65.7 Å². The van der Waals surface area contributed by atoms with Crippen LogP contribution in [0.3, 0.4) is 0 Å². The molecule has 0 aliphatic carbocycles. The predicted octanol–water partition coefficient (Wildman–Crippen LogP) is 2.42. The van der Waals surface area contributed by atoms with Crippen molar-refractivity contribution in [2.45, 2.75) is 25.8 Å². The maximum Gasteiger partial charge on any atom is 0.326 e.